The van der Waals surface area contributed by atoms with Gasteiger partial charge >= 0.3 is 23.9 Å². The van der Waals surface area contributed by atoms with Gasteiger partial charge in [-0.15, -0.1) is 0 Å². The molecule has 0 aromatic carbocycles. The van der Waals surface area contributed by atoms with Crippen molar-refractivity contribution in [2.75, 3.05) is 39.6 Å². The minimum absolute atomic E-state index is 0.0995. The molecule has 11 nitrogen and oxygen atoms in total. The molecule has 1 saturated heterocycles. The van der Waals surface area contributed by atoms with Crippen molar-refractivity contribution in [1.29, 1.82) is 0 Å². The van der Waals surface area contributed by atoms with Crippen molar-refractivity contribution in [3.05, 3.63) is 12.7 Å². The van der Waals surface area contributed by atoms with Gasteiger partial charge in [-0.05, 0) is 60.8 Å². The Morgan fingerprint density at radius 3 is 1.60 bits per heavy atom. The average Bonchev–Trinajstić information content (AvgIpc) is 3.76. The molecule has 0 aromatic heterocycles. The molecular formula is C29H52O11. The number of carbonyl (C=O) groups excluding carboxylic acids is 4. The SMILES string of the molecule is C=CC(=O)OCC(O)COC(=O)C(C)(C)CC.CCC(C)(C)C(=O)OCC1CO1.CCC(C)(C)C(=O)OCCO. The normalized spacial score (nSPS) is 15.1. The smallest absolute Gasteiger partial charge is 0.330 e. The number of aliphatic hydroxyl groups is 2. The molecule has 1 aliphatic heterocycles. The van der Waals surface area contributed by atoms with Crippen LogP contribution in [0, 0.1) is 16.2 Å². The lowest BCUT2D eigenvalue weighted by Crippen LogP contribution is -2.31. The Hall–Kier alpha value is -2.50. The molecule has 234 valence electrons. The topological polar surface area (TPSA) is 158 Å². The lowest BCUT2D eigenvalue weighted by molar-refractivity contribution is -0.159. The fourth-order valence-electron chi connectivity index (χ4n) is 1.95. The quantitative estimate of drug-likeness (QED) is 0.127. The lowest BCUT2D eigenvalue weighted by Gasteiger charge is -2.21. The van der Waals surface area contributed by atoms with Gasteiger partial charge < -0.3 is 33.9 Å². The van der Waals surface area contributed by atoms with E-state index in [1.807, 2.05) is 48.5 Å². The highest BCUT2D eigenvalue weighted by Gasteiger charge is 2.31. The maximum atomic E-state index is 11.5. The number of hydrogen-bond donors (Lipinski definition) is 2. The van der Waals surface area contributed by atoms with E-state index in [1.165, 1.54) is 0 Å². The zero-order chi connectivity index (χ0) is 31.6. The van der Waals surface area contributed by atoms with Crippen LogP contribution >= 0.6 is 0 Å². The molecule has 0 aromatic rings. The van der Waals surface area contributed by atoms with E-state index < -0.39 is 22.9 Å². The molecule has 0 saturated carbocycles. The molecule has 0 spiro atoms. The molecule has 2 atom stereocenters. The van der Waals surface area contributed by atoms with Gasteiger partial charge in [-0.2, -0.15) is 0 Å². The van der Waals surface area contributed by atoms with Crippen molar-refractivity contribution in [3.8, 4) is 0 Å². The predicted molar refractivity (Wildman–Crippen MR) is 149 cm³/mol. The van der Waals surface area contributed by atoms with Crippen LogP contribution in [0.5, 0.6) is 0 Å². The summed E-state index contributed by atoms with van der Waals surface area (Å²) in [5, 5.41) is 17.8. The van der Waals surface area contributed by atoms with E-state index in [0.717, 1.165) is 25.5 Å². The van der Waals surface area contributed by atoms with Crippen molar-refractivity contribution >= 4 is 23.9 Å². The summed E-state index contributed by atoms with van der Waals surface area (Å²) in [7, 11) is 0. The minimum Gasteiger partial charge on any atom is -0.463 e. The third-order valence-corrected chi connectivity index (χ3v) is 6.43. The van der Waals surface area contributed by atoms with Crippen LogP contribution in [-0.2, 0) is 42.9 Å². The van der Waals surface area contributed by atoms with Gasteiger partial charge in [0, 0.05) is 6.08 Å². The van der Waals surface area contributed by atoms with Crippen LogP contribution in [-0.4, -0.2) is 85.9 Å². The molecule has 0 amide bonds. The number of hydrogen-bond acceptors (Lipinski definition) is 11. The third kappa shape index (κ3) is 18.0. The highest BCUT2D eigenvalue weighted by Crippen LogP contribution is 2.23. The van der Waals surface area contributed by atoms with E-state index in [2.05, 4.69) is 11.3 Å². The van der Waals surface area contributed by atoms with Gasteiger partial charge in [-0.3, -0.25) is 14.4 Å². The molecule has 1 aliphatic rings. The highest BCUT2D eigenvalue weighted by atomic mass is 16.6. The Bertz CT molecular complexity index is 783. The number of rotatable bonds is 15. The molecule has 1 fully saturated rings. The second-order valence-electron chi connectivity index (χ2n) is 11.2. The summed E-state index contributed by atoms with van der Waals surface area (Å²) in [5.41, 5.74) is -1.35. The highest BCUT2D eigenvalue weighted by molar-refractivity contribution is 5.81. The fraction of sp³-hybridized carbons (Fsp3) is 0.793. The lowest BCUT2D eigenvalue weighted by atomic mass is 9.91. The first-order chi connectivity index (χ1) is 18.4. The zero-order valence-corrected chi connectivity index (χ0v) is 25.9. The molecule has 11 heteroatoms. The van der Waals surface area contributed by atoms with Crippen LogP contribution in [0.2, 0.25) is 0 Å². The van der Waals surface area contributed by atoms with E-state index in [9.17, 15) is 24.3 Å². The van der Waals surface area contributed by atoms with Gasteiger partial charge in [-0.1, -0.05) is 27.4 Å². The summed E-state index contributed by atoms with van der Waals surface area (Å²) in [6.07, 6.45) is 2.35. The molecular weight excluding hydrogens is 524 g/mol. The fourth-order valence-corrected chi connectivity index (χ4v) is 1.95. The summed E-state index contributed by atoms with van der Waals surface area (Å²) in [6, 6.07) is 0. The number of esters is 4. The van der Waals surface area contributed by atoms with Crippen LogP contribution in [0.1, 0.15) is 81.6 Å². The maximum absolute atomic E-state index is 11.5. The van der Waals surface area contributed by atoms with E-state index in [1.54, 1.807) is 13.8 Å². The number of carbonyl (C=O) groups is 4. The van der Waals surface area contributed by atoms with Gasteiger partial charge in [0.2, 0.25) is 0 Å². The number of ether oxygens (including phenoxy) is 5. The summed E-state index contributed by atoms with van der Waals surface area (Å²) >= 11 is 0. The standard InChI is InChI=1S/C12H20O5.C9H16O3.C8H16O3/c1-5-10(14)16-7-9(13)8-17-11(15)12(3,4)6-2;1-4-9(2,3)8(10)12-6-7-5-11-7;1-4-8(2,3)7(10)11-6-5-9/h5,9,13H,1,6-8H2,2-4H3;7H,4-6H2,1-3H3;9H,4-6H2,1-3H3. The number of epoxide rings is 1. The Labute approximate surface area is 239 Å². The molecule has 40 heavy (non-hydrogen) atoms. The Morgan fingerprint density at radius 2 is 1.23 bits per heavy atom. The van der Waals surface area contributed by atoms with Gasteiger partial charge in [0.25, 0.3) is 0 Å². The van der Waals surface area contributed by atoms with E-state index >= 15 is 0 Å². The summed E-state index contributed by atoms with van der Waals surface area (Å²) in [4.78, 5) is 44.7. The Balaban J connectivity index is 0. The molecule has 1 rings (SSSR count). The molecule has 2 N–H and O–H groups in total. The van der Waals surface area contributed by atoms with Crippen molar-refractivity contribution in [1.82, 2.24) is 0 Å². The monoisotopic (exact) mass is 576 g/mol. The van der Waals surface area contributed by atoms with Gasteiger partial charge in [0.05, 0.1) is 29.5 Å². The molecule has 1 heterocycles. The summed E-state index contributed by atoms with van der Waals surface area (Å²) in [5.74, 6) is -1.37. The van der Waals surface area contributed by atoms with Crippen molar-refractivity contribution in [2.24, 2.45) is 16.2 Å². The van der Waals surface area contributed by atoms with E-state index in [4.69, 9.17) is 24.1 Å². The zero-order valence-electron chi connectivity index (χ0n) is 25.9. The largest absolute Gasteiger partial charge is 0.463 e. The molecule has 0 aliphatic carbocycles. The minimum atomic E-state index is -1.02. The first-order valence-electron chi connectivity index (χ1n) is 13.6. The molecule has 0 radical (unpaired) electrons. The van der Waals surface area contributed by atoms with Crippen molar-refractivity contribution < 1.29 is 53.1 Å². The van der Waals surface area contributed by atoms with Crippen molar-refractivity contribution in [2.45, 2.75) is 93.8 Å². The second kappa shape index (κ2) is 19.6. The second-order valence-corrected chi connectivity index (χ2v) is 11.2. The first kappa shape index (κ1) is 39.6. The molecule has 0 bridgehead atoms. The molecule has 2 unspecified atom stereocenters. The van der Waals surface area contributed by atoms with Crippen molar-refractivity contribution in [3.63, 3.8) is 0 Å². The van der Waals surface area contributed by atoms with Crippen LogP contribution in [0.3, 0.4) is 0 Å². The predicted octanol–water partition coefficient (Wildman–Crippen LogP) is 3.38. The van der Waals surface area contributed by atoms with Crippen LogP contribution in [0.15, 0.2) is 12.7 Å². The summed E-state index contributed by atoms with van der Waals surface area (Å²) < 4.78 is 24.3. The number of aliphatic hydroxyl groups excluding tert-OH is 2. The first-order valence-corrected chi connectivity index (χ1v) is 13.6. The maximum Gasteiger partial charge on any atom is 0.330 e. The van der Waals surface area contributed by atoms with Crippen LogP contribution in [0.4, 0.5) is 0 Å². The van der Waals surface area contributed by atoms with Gasteiger partial charge in [0.1, 0.15) is 38.6 Å². The van der Waals surface area contributed by atoms with Crippen LogP contribution in [0.25, 0.3) is 0 Å². The average molecular weight is 577 g/mol. The van der Waals surface area contributed by atoms with Gasteiger partial charge in [0.15, 0.2) is 0 Å². The third-order valence-electron chi connectivity index (χ3n) is 6.43. The van der Waals surface area contributed by atoms with E-state index in [0.29, 0.717) is 13.0 Å². The van der Waals surface area contributed by atoms with Gasteiger partial charge in [-0.25, -0.2) is 4.79 Å². The van der Waals surface area contributed by atoms with Crippen LogP contribution < -0.4 is 0 Å². The summed E-state index contributed by atoms with van der Waals surface area (Å²) in [6.45, 7) is 20.7. The Kier molecular flexibility index (Phi) is 19.4. The Morgan fingerprint density at radius 1 is 0.825 bits per heavy atom. The van der Waals surface area contributed by atoms with E-state index in [-0.39, 0.29) is 55.9 Å².